The Kier molecular flexibility index (Phi) is 5.85. The van der Waals surface area contributed by atoms with Crippen molar-refractivity contribution in [2.45, 2.75) is 32.7 Å². The van der Waals surface area contributed by atoms with E-state index in [4.69, 9.17) is 0 Å². The van der Waals surface area contributed by atoms with Gasteiger partial charge in [-0.15, -0.1) is 0 Å². The molecule has 0 radical (unpaired) electrons. The van der Waals surface area contributed by atoms with Crippen molar-refractivity contribution in [2.75, 3.05) is 0 Å². The van der Waals surface area contributed by atoms with Crippen molar-refractivity contribution in [1.29, 1.82) is 0 Å². The number of carbonyl (C=O) groups is 1. The van der Waals surface area contributed by atoms with Gasteiger partial charge in [0.15, 0.2) is 0 Å². The molecule has 0 aliphatic heterocycles. The smallest absolute Gasteiger partial charge is 0.225 e. The van der Waals surface area contributed by atoms with E-state index in [2.05, 4.69) is 67.7 Å². The molecule has 0 bridgehead atoms. The van der Waals surface area contributed by atoms with Crippen molar-refractivity contribution in [3.05, 3.63) is 107 Å². The van der Waals surface area contributed by atoms with Gasteiger partial charge < -0.3 is 5.32 Å². The summed E-state index contributed by atoms with van der Waals surface area (Å²) in [4.78, 5) is 12.7. The van der Waals surface area contributed by atoms with E-state index in [-0.39, 0.29) is 11.9 Å². The van der Waals surface area contributed by atoms with Crippen LogP contribution in [0.3, 0.4) is 0 Å². The minimum Gasteiger partial charge on any atom is -0.345 e. The van der Waals surface area contributed by atoms with Crippen molar-refractivity contribution in [1.82, 2.24) is 5.32 Å². The van der Waals surface area contributed by atoms with Crippen LogP contribution in [0.5, 0.6) is 0 Å². The maximum absolute atomic E-state index is 12.7. The number of benzene rings is 3. The van der Waals surface area contributed by atoms with Crippen LogP contribution < -0.4 is 5.32 Å². The lowest BCUT2D eigenvalue weighted by molar-refractivity contribution is -0.120. The molecular weight excluding hydrogens is 318 g/mol. The first kappa shape index (κ1) is 17.9. The first-order valence-electron chi connectivity index (χ1n) is 9.14. The largest absolute Gasteiger partial charge is 0.345 e. The van der Waals surface area contributed by atoms with Gasteiger partial charge in [0.25, 0.3) is 0 Å². The van der Waals surface area contributed by atoms with E-state index in [0.29, 0.717) is 6.42 Å². The van der Waals surface area contributed by atoms with E-state index in [1.54, 1.807) is 0 Å². The van der Waals surface area contributed by atoms with Gasteiger partial charge in [0, 0.05) is 0 Å². The fourth-order valence-electron chi connectivity index (χ4n) is 3.05. The summed E-state index contributed by atoms with van der Waals surface area (Å²) in [6.07, 6.45) is 1.40. The lowest BCUT2D eigenvalue weighted by Crippen LogP contribution is -2.30. The highest BCUT2D eigenvalue weighted by molar-refractivity contribution is 5.79. The van der Waals surface area contributed by atoms with Gasteiger partial charge in [0.2, 0.25) is 5.91 Å². The zero-order chi connectivity index (χ0) is 18.4. The summed E-state index contributed by atoms with van der Waals surface area (Å²) >= 11 is 0. The van der Waals surface area contributed by atoms with Gasteiger partial charge in [-0.05, 0) is 35.6 Å². The Bertz CT molecular complexity index is 836. The Morgan fingerprint density at radius 2 is 1.38 bits per heavy atom. The molecule has 1 amide bonds. The van der Waals surface area contributed by atoms with E-state index in [0.717, 1.165) is 23.1 Å². The molecule has 2 heteroatoms. The molecule has 0 saturated carbocycles. The van der Waals surface area contributed by atoms with Gasteiger partial charge in [-0.1, -0.05) is 91.3 Å². The highest BCUT2D eigenvalue weighted by atomic mass is 16.1. The first-order chi connectivity index (χ1) is 12.7. The number of rotatable bonds is 6. The highest BCUT2D eigenvalue weighted by Gasteiger charge is 2.16. The number of aryl methyl sites for hydroxylation is 2. The SMILES string of the molecule is CCc1ccc(CC(=O)NC(c2ccccc2)c2ccc(C)cc2)cc1. The standard InChI is InChI=1S/C24H25NO/c1-3-19-11-13-20(14-12-19)17-23(26)25-24(21-7-5-4-6-8-21)22-15-9-18(2)10-16-22/h4-16,24H,3,17H2,1-2H3,(H,25,26). The maximum Gasteiger partial charge on any atom is 0.225 e. The Labute approximate surface area is 155 Å². The highest BCUT2D eigenvalue weighted by Crippen LogP contribution is 2.22. The monoisotopic (exact) mass is 343 g/mol. The van der Waals surface area contributed by atoms with E-state index >= 15 is 0 Å². The van der Waals surface area contributed by atoms with Crippen LogP contribution in [0, 0.1) is 6.92 Å². The van der Waals surface area contributed by atoms with Crippen LogP contribution in [0.2, 0.25) is 0 Å². The molecule has 3 aromatic carbocycles. The molecule has 0 aliphatic carbocycles. The van der Waals surface area contributed by atoms with Crippen molar-refractivity contribution in [2.24, 2.45) is 0 Å². The molecule has 0 aromatic heterocycles. The fraction of sp³-hybridized carbons (Fsp3) is 0.208. The summed E-state index contributed by atoms with van der Waals surface area (Å²) in [5.41, 5.74) is 5.72. The summed E-state index contributed by atoms with van der Waals surface area (Å²) < 4.78 is 0. The predicted molar refractivity (Wildman–Crippen MR) is 107 cm³/mol. The molecule has 2 nitrogen and oxygen atoms in total. The van der Waals surface area contributed by atoms with Gasteiger partial charge >= 0.3 is 0 Å². The average molecular weight is 343 g/mol. The third kappa shape index (κ3) is 4.60. The predicted octanol–water partition coefficient (Wildman–Crippen LogP) is 5.01. The molecule has 132 valence electrons. The number of hydrogen-bond donors (Lipinski definition) is 1. The van der Waals surface area contributed by atoms with Gasteiger partial charge in [-0.25, -0.2) is 0 Å². The molecule has 1 unspecified atom stereocenters. The van der Waals surface area contributed by atoms with Crippen LogP contribution in [0.25, 0.3) is 0 Å². The van der Waals surface area contributed by atoms with E-state index in [1.165, 1.54) is 11.1 Å². The molecule has 3 rings (SSSR count). The molecule has 3 aromatic rings. The van der Waals surface area contributed by atoms with Crippen LogP contribution in [-0.4, -0.2) is 5.91 Å². The minimum atomic E-state index is -0.140. The maximum atomic E-state index is 12.7. The molecule has 0 saturated heterocycles. The van der Waals surface area contributed by atoms with Gasteiger partial charge in [0.1, 0.15) is 0 Å². The van der Waals surface area contributed by atoms with Crippen molar-refractivity contribution >= 4 is 5.91 Å². The molecule has 26 heavy (non-hydrogen) atoms. The summed E-state index contributed by atoms with van der Waals surface area (Å²) in [6, 6.07) is 26.6. The second kappa shape index (κ2) is 8.48. The Balaban J connectivity index is 1.78. The second-order valence-electron chi connectivity index (χ2n) is 6.67. The lowest BCUT2D eigenvalue weighted by atomic mass is 9.97. The first-order valence-corrected chi connectivity index (χ1v) is 9.14. The van der Waals surface area contributed by atoms with E-state index < -0.39 is 0 Å². The van der Waals surface area contributed by atoms with Crippen LogP contribution >= 0.6 is 0 Å². The molecule has 0 fully saturated rings. The molecular formula is C24H25NO. The zero-order valence-corrected chi connectivity index (χ0v) is 15.4. The summed E-state index contributed by atoms with van der Waals surface area (Å²) in [5, 5.41) is 3.21. The third-order valence-electron chi connectivity index (χ3n) is 4.64. The molecule has 1 atom stereocenters. The summed E-state index contributed by atoms with van der Waals surface area (Å²) in [7, 11) is 0. The molecule has 1 N–H and O–H groups in total. The number of amides is 1. The lowest BCUT2D eigenvalue weighted by Gasteiger charge is -2.20. The number of hydrogen-bond acceptors (Lipinski definition) is 1. The Morgan fingerprint density at radius 3 is 2.00 bits per heavy atom. The fourth-order valence-corrected chi connectivity index (χ4v) is 3.05. The van der Waals surface area contributed by atoms with E-state index in [1.807, 2.05) is 30.3 Å². The molecule has 0 heterocycles. The zero-order valence-electron chi connectivity index (χ0n) is 15.4. The van der Waals surface area contributed by atoms with Gasteiger partial charge in [0.05, 0.1) is 12.5 Å². The van der Waals surface area contributed by atoms with Crippen molar-refractivity contribution in [3.8, 4) is 0 Å². The number of nitrogens with one attached hydrogen (secondary N) is 1. The Morgan fingerprint density at radius 1 is 0.808 bits per heavy atom. The van der Waals surface area contributed by atoms with E-state index in [9.17, 15) is 4.79 Å². The quantitative estimate of drug-likeness (QED) is 0.670. The van der Waals surface area contributed by atoms with Crippen molar-refractivity contribution < 1.29 is 4.79 Å². The van der Waals surface area contributed by atoms with Gasteiger partial charge in [-0.3, -0.25) is 4.79 Å². The minimum absolute atomic E-state index is 0.0312. The second-order valence-corrected chi connectivity index (χ2v) is 6.67. The normalized spacial score (nSPS) is 11.8. The van der Waals surface area contributed by atoms with Crippen LogP contribution in [0.4, 0.5) is 0 Å². The summed E-state index contributed by atoms with van der Waals surface area (Å²) in [6.45, 7) is 4.20. The van der Waals surface area contributed by atoms with Crippen molar-refractivity contribution in [3.63, 3.8) is 0 Å². The average Bonchev–Trinajstić information content (AvgIpc) is 2.68. The number of carbonyl (C=O) groups excluding carboxylic acids is 1. The van der Waals surface area contributed by atoms with Crippen LogP contribution in [0.1, 0.15) is 40.8 Å². The van der Waals surface area contributed by atoms with Crippen LogP contribution in [-0.2, 0) is 17.6 Å². The third-order valence-corrected chi connectivity index (χ3v) is 4.64. The molecule has 0 aliphatic rings. The Hall–Kier alpha value is -2.87. The van der Waals surface area contributed by atoms with Crippen LogP contribution in [0.15, 0.2) is 78.9 Å². The molecule has 0 spiro atoms. The topological polar surface area (TPSA) is 29.1 Å². The van der Waals surface area contributed by atoms with Gasteiger partial charge in [-0.2, -0.15) is 0 Å². The summed E-state index contributed by atoms with van der Waals surface area (Å²) in [5.74, 6) is 0.0312.